The summed E-state index contributed by atoms with van der Waals surface area (Å²) in [6, 6.07) is 6.66. The van der Waals surface area contributed by atoms with Gasteiger partial charge in [-0.25, -0.2) is 4.98 Å². The molecule has 0 atom stereocenters. The van der Waals surface area contributed by atoms with Crippen molar-refractivity contribution in [3.8, 4) is 6.07 Å². The number of benzene rings is 1. The van der Waals surface area contributed by atoms with E-state index in [1.807, 2.05) is 6.07 Å². The van der Waals surface area contributed by atoms with Gasteiger partial charge in [0.15, 0.2) is 5.13 Å². The lowest BCUT2D eigenvalue weighted by molar-refractivity contribution is -0.115. The summed E-state index contributed by atoms with van der Waals surface area (Å²) >= 11 is 7.17. The number of nitrogen functional groups attached to an aromatic ring is 1. The Morgan fingerprint density at radius 2 is 2.37 bits per heavy atom. The van der Waals surface area contributed by atoms with E-state index in [0.29, 0.717) is 27.1 Å². The fourth-order valence-corrected chi connectivity index (χ4v) is 2.24. The molecule has 0 aliphatic carbocycles. The zero-order chi connectivity index (χ0) is 13.8. The zero-order valence-electron chi connectivity index (χ0n) is 9.68. The molecule has 96 valence electrons. The molecular weight excluding hydrogens is 284 g/mol. The smallest absolute Gasteiger partial charge is 0.230 e. The number of hydrogen-bond donors (Lipinski definition) is 2. The van der Waals surface area contributed by atoms with Gasteiger partial charge in [-0.15, -0.1) is 11.3 Å². The third kappa shape index (κ3) is 3.44. The van der Waals surface area contributed by atoms with E-state index in [0.717, 1.165) is 0 Å². The first-order chi connectivity index (χ1) is 9.08. The molecule has 0 spiro atoms. The monoisotopic (exact) mass is 292 g/mol. The molecule has 0 fully saturated rings. The summed E-state index contributed by atoms with van der Waals surface area (Å²) in [5.74, 6) is -0.217. The maximum Gasteiger partial charge on any atom is 0.230 e. The van der Waals surface area contributed by atoms with Crippen LogP contribution in [0, 0.1) is 11.3 Å². The van der Waals surface area contributed by atoms with Gasteiger partial charge in [0.2, 0.25) is 5.91 Å². The maximum atomic E-state index is 11.8. The van der Waals surface area contributed by atoms with Gasteiger partial charge in [-0.1, -0.05) is 11.6 Å². The molecule has 3 N–H and O–H groups in total. The van der Waals surface area contributed by atoms with E-state index < -0.39 is 0 Å². The van der Waals surface area contributed by atoms with Crippen LogP contribution in [0.15, 0.2) is 23.6 Å². The Kier molecular flexibility index (Phi) is 4.00. The second-order valence-electron chi connectivity index (χ2n) is 3.71. The van der Waals surface area contributed by atoms with Crippen LogP contribution in [-0.2, 0) is 11.2 Å². The topological polar surface area (TPSA) is 91.8 Å². The largest absolute Gasteiger partial charge is 0.375 e. The molecule has 0 bridgehead atoms. The Morgan fingerprint density at radius 3 is 2.95 bits per heavy atom. The van der Waals surface area contributed by atoms with Gasteiger partial charge in [0.1, 0.15) is 6.07 Å². The summed E-state index contributed by atoms with van der Waals surface area (Å²) in [6.45, 7) is 0. The normalized spacial score (nSPS) is 9.89. The highest BCUT2D eigenvalue weighted by atomic mass is 35.5. The number of rotatable bonds is 3. The van der Waals surface area contributed by atoms with E-state index in [-0.39, 0.29) is 12.3 Å². The van der Waals surface area contributed by atoms with Crippen molar-refractivity contribution in [1.82, 2.24) is 4.98 Å². The Hall–Kier alpha value is -2.10. The molecule has 0 aliphatic rings. The predicted octanol–water partition coefficient (Wildman–Crippen LogP) is 2.43. The highest BCUT2D eigenvalue weighted by Crippen LogP contribution is 2.20. The van der Waals surface area contributed by atoms with Gasteiger partial charge in [0.05, 0.1) is 22.7 Å². The van der Waals surface area contributed by atoms with Crippen LogP contribution in [0.4, 0.5) is 10.8 Å². The van der Waals surface area contributed by atoms with E-state index in [9.17, 15) is 4.79 Å². The fraction of sp³-hybridized carbons (Fsp3) is 0.0833. The Balaban J connectivity index is 2.03. The highest BCUT2D eigenvalue weighted by molar-refractivity contribution is 7.13. The van der Waals surface area contributed by atoms with Crippen molar-refractivity contribution in [2.45, 2.75) is 6.42 Å². The molecule has 2 rings (SSSR count). The standard InChI is InChI=1S/C12H9ClN4OS/c13-10-3-8(2-1-7(10)5-14)16-11(18)4-9-6-19-12(15)17-9/h1-3,6H,4H2,(H2,15,17)(H,16,18). The highest BCUT2D eigenvalue weighted by Gasteiger charge is 2.08. The number of halogens is 1. The molecule has 1 heterocycles. The lowest BCUT2D eigenvalue weighted by atomic mass is 10.2. The van der Waals surface area contributed by atoms with E-state index in [1.54, 1.807) is 17.5 Å². The van der Waals surface area contributed by atoms with Crippen LogP contribution in [0.25, 0.3) is 0 Å². The Bertz CT molecular complexity index is 662. The van der Waals surface area contributed by atoms with Crippen LogP contribution in [0.1, 0.15) is 11.3 Å². The number of thiazole rings is 1. The average Bonchev–Trinajstić information content (AvgIpc) is 2.74. The molecule has 19 heavy (non-hydrogen) atoms. The first-order valence-electron chi connectivity index (χ1n) is 5.28. The zero-order valence-corrected chi connectivity index (χ0v) is 11.3. The number of nitrogens with one attached hydrogen (secondary N) is 1. The van der Waals surface area contributed by atoms with Crippen molar-refractivity contribution in [3.63, 3.8) is 0 Å². The van der Waals surface area contributed by atoms with Crippen molar-refractivity contribution in [2.75, 3.05) is 11.1 Å². The van der Waals surface area contributed by atoms with Crippen molar-refractivity contribution >= 4 is 39.7 Å². The second kappa shape index (κ2) is 5.69. The van der Waals surface area contributed by atoms with Gasteiger partial charge < -0.3 is 11.1 Å². The van der Waals surface area contributed by atoms with Crippen molar-refractivity contribution in [3.05, 3.63) is 39.9 Å². The van der Waals surface area contributed by atoms with E-state index in [2.05, 4.69) is 10.3 Å². The first-order valence-corrected chi connectivity index (χ1v) is 6.53. The van der Waals surface area contributed by atoms with Crippen LogP contribution < -0.4 is 11.1 Å². The minimum absolute atomic E-state index is 0.144. The number of hydrogen-bond acceptors (Lipinski definition) is 5. The summed E-state index contributed by atoms with van der Waals surface area (Å²) in [6.07, 6.45) is 0.144. The van der Waals surface area contributed by atoms with Gasteiger partial charge in [0.25, 0.3) is 0 Å². The van der Waals surface area contributed by atoms with E-state index in [1.165, 1.54) is 17.4 Å². The molecule has 2 aromatic rings. The second-order valence-corrected chi connectivity index (χ2v) is 5.01. The quantitative estimate of drug-likeness (QED) is 0.909. The summed E-state index contributed by atoms with van der Waals surface area (Å²) in [5.41, 5.74) is 7.02. The summed E-state index contributed by atoms with van der Waals surface area (Å²) in [4.78, 5) is 15.8. The van der Waals surface area contributed by atoms with Gasteiger partial charge >= 0.3 is 0 Å². The van der Waals surface area contributed by atoms with Gasteiger partial charge in [0, 0.05) is 11.1 Å². The molecule has 5 nitrogen and oxygen atoms in total. The first kappa shape index (κ1) is 13.3. The lowest BCUT2D eigenvalue weighted by Crippen LogP contribution is -2.14. The molecular formula is C12H9ClN4OS. The van der Waals surface area contributed by atoms with Crippen molar-refractivity contribution in [1.29, 1.82) is 5.26 Å². The molecule has 1 aromatic carbocycles. The Morgan fingerprint density at radius 1 is 1.58 bits per heavy atom. The maximum absolute atomic E-state index is 11.8. The van der Waals surface area contributed by atoms with Crippen LogP contribution in [0.5, 0.6) is 0 Å². The van der Waals surface area contributed by atoms with Crippen molar-refractivity contribution < 1.29 is 4.79 Å². The van der Waals surface area contributed by atoms with Gasteiger partial charge in [-0.05, 0) is 18.2 Å². The van der Waals surface area contributed by atoms with Crippen LogP contribution in [-0.4, -0.2) is 10.9 Å². The number of nitrogens with zero attached hydrogens (tertiary/aromatic N) is 2. The summed E-state index contributed by atoms with van der Waals surface area (Å²) in [7, 11) is 0. The predicted molar refractivity (Wildman–Crippen MR) is 75.0 cm³/mol. The van der Waals surface area contributed by atoms with Gasteiger partial charge in [-0.2, -0.15) is 5.26 Å². The molecule has 0 saturated carbocycles. The van der Waals surface area contributed by atoms with Crippen LogP contribution in [0.2, 0.25) is 5.02 Å². The van der Waals surface area contributed by atoms with Crippen LogP contribution in [0.3, 0.4) is 0 Å². The third-order valence-electron chi connectivity index (χ3n) is 2.28. The van der Waals surface area contributed by atoms with Crippen LogP contribution >= 0.6 is 22.9 Å². The summed E-state index contributed by atoms with van der Waals surface area (Å²) in [5, 5.41) is 13.9. The van der Waals surface area contributed by atoms with Gasteiger partial charge in [-0.3, -0.25) is 4.79 Å². The molecule has 7 heteroatoms. The number of carbonyl (C=O) groups is 1. The number of nitriles is 1. The van der Waals surface area contributed by atoms with E-state index >= 15 is 0 Å². The molecule has 1 aromatic heterocycles. The number of nitrogens with two attached hydrogens (primary N) is 1. The number of anilines is 2. The third-order valence-corrected chi connectivity index (χ3v) is 3.32. The minimum atomic E-state index is -0.217. The average molecular weight is 293 g/mol. The SMILES string of the molecule is N#Cc1ccc(NC(=O)Cc2csc(N)n2)cc1Cl. The molecule has 0 radical (unpaired) electrons. The molecule has 0 unspecified atom stereocenters. The summed E-state index contributed by atoms with van der Waals surface area (Å²) < 4.78 is 0. The number of carbonyl (C=O) groups excluding carboxylic acids is 1. The lowest BCUT2D eigenvalue weighted by Gasteiger charge is -2.05. The molecule has 0 saturated heterocycles. The van der Waals surface area contributed by atoms with Crippen molar-refractivity contribution in [2.24, 2.45) is 0 Å². The number of aromatic nitrogens is 1. The number of amides is 1. The molecule has 1 amide bonds. The molecule has 0 aliphatic heterocycles. The Labute approximate surface area is 118 Å². The minimum Gasteiger partial charge on any atom is -0.375 e. The van der Waals surface area contributed by atoms with E-state index in [4.69, 9.17) is 22.6 Å². The fourth-order valence-electron chi connectivity index (χ4n) is 1.46.